The normalized spacial score (nSPS) is 14.5. The van der Waals surface area contributed by atoms with E-state index >= 15 is 0 Å². The molecule has 0 aliphatic carbocycles. The van der Waals surface area contributed by atoms with Crippen molar-refractivity contribution < 1.29 is 0 Å². The van der Waals surface area contributed by atoms with Crippen molar-refractivity contribution in [2.24, 2.45) is 0 Å². The number of hydrogen-bond acceptors (Lipinski definition) is 2. The third kappa shape index (κ3) is 2.12. The van der Waals surface area contributed by atoms with Crippen LogP contribution in [0.3, 0.4) is 0 Å². The highest BCUT2D eigenvalue weighted by molar-refractivity contribution is 5.56. The largest absolute Gasteiger partial charge is 0.370 e. The fraction of sp³-hybridized carbons (Fsp3) is 0.462. The molecule has 1 aromatic rings. The molecule has 0 saturated heterocycles. The van der Waals surface area contributed by atoms with Crippen LogP contribution in [0, 0.1) is 18.3 Å². The Labute approximate surface area is 91.1 Å². The van der Waals surface area contributed by atoms with Crippen molar-refractivity contribution in [1.29, 1.82) is 5.26 Å². The number of fused-ring (bicyclic) bond motifs is 1. The van der Waals surface area contributed by atoms with Crippen molar-refractivity contribution in [2.45, 2.75) is 26.2 Å². The van der Waals surface area contributed by atoms with Gasteiger partial charge >= 0.3 is 0 Å². The van der Waals surface area contributed by atoms with Gasteiger partial charge in [0.15, 0.2) is 0 Å². The van der Waals surface area contributed by atoms with Crippen molar-refractivity contribution in [3.05, 3.63) is 29.3 Å². The molecule has 0 saturated carbocycles. The van der Waals surface area contributed by atoms with Crippen LogP contribution in [-0.4, -0.2) is 13.1 Å². The maximum atomic E-state index is 8.61. The fourth-order valence-electron chi connectivity index (χ4n) is 2.22. The zero-order valence-electron chi connectivity index (χ0n) is 9.16. The number of nitriles is 1. The molecule has 1 aromatic carbocycles. The van der Waals surface area contributed by atoms with Gasteiger partial charge in [0.1, 0.15) is 0 Å². The van der Waals surface area contributed by atoms with E-state index in [-0.39, 0.29) is 0 Å². The van der Waals surface area contributed by atoms with Crippen LogP contribution in [-0.2, 0) is 6.42 Å². The Morgan fingerprint density at radius 1 is 1.47 bits per heavy atom. The van der Waals surface area contributed by atoms with Crippen molar-refractivity contribution in [3.8, 4) is 6.07 Å². The smallest absolute Gasteiger partial charge is 0.0640 e. The molecule has 1 heterocycles. The standard InChI is InChI=1S/C13H16N2/c1-11-5-6-13-12(10-11)4-2-8-15(13)9-3-7-14/h5-6,10H,2-4,8-9H2,1H3. The molecule has 15 heavy (non-hydrogen) atoms. The number of nitrogens with zero attached hydrogens (tertiary/aromatic N) is 2. The lowest BCUT2D eigenvalue weighted by Gasteiger charge is -2.30. The summed E-state index contributed by atoms with van der Waals surface area (Å²) in [4.78, 5) is 2.33. The highest BCUT2D eigenvalue weighted by Gasteiger charge is 2.15. The van der Waals surface area contributed by atoms with Gasteiger partial charge in [-0.05, 0) is 31.4 Å². The van der Waals surface area contributed by atoms with Gasteiger partial charge in [0.05, 0.1) is 12.5 Å². The predicted octanol–water partition coefficient (Wildman–Crippen LogP) is 2.66. The van der Waals surface area contributed by atoms with Crippen LogP contribution in [0.4, 0.5) is 5.69 Å². The summed E-state index contributed by atoms with van der Waals surface area (Å²) in [5.74, 6) is 0. The van der Waals surface area contributed by atoms with Crippen LogP contribution >= 0.6 is 0 Å². The predicted molar refractivity (Wildman–Crippen MR) is 61.9 cm³/mol. The molecule has 0 atom stereocenters. The van der Waals surface area contributed by atoms with Crippen LogP contribution < -0.4 is 4.90 Å². The van der Waals surface area contributed by atoms with Gasteiger partial charge in [-0.1, -0.05) is 17.7 Å². The molecule has 0 spiro atoms. The Morgan fingerprint density at radius 3 is 3.13 bits per heavy atom. The van der Waals surface area contributed by atoms with E-state index in [2.05, 4.69) is 36.1 Å². The van der Waals surface area contributed by atoms with Crippen molar-refractivity contribution >= 4 is 5.69 Å². The van der Waals surface area contributed by atoms with Gasteiger partial charge in [-0.25, -0.2) is 0 Å². The Morgan fingerprint density at radius 2 is 2.33 bits per heavy atom. The van der Waals surface area contributed by atoms with Crippen LogP contribution in [0.15, 0.2) is 18.2 Å². The average molecular weight is 200 g/mol. The van der Waals surface area contributed by atoms with Gasteiger partial charge in [0.2, 0.25) is 0 Å². The quantitative estimate of drug-likeness (QED) is 0.734. The van der Waals surface area contributed by atoms with E-state index in [1.165, 1.54) is 29.7 Å². The van der Waals surface area contributed by atoms with E-state index in [4.69, 9.17) is 5.26 Å². The summed E-state index contributed by atoms with van der Waals surface area (Å²) in [6.45, 7) is 4.10. The SMILES string of the molecule is Cc1ccc2c(c1)CCCN2CCC#N. The Balaban J connectivity index is 2.23. The molecule has 0 N–H and O–H groups in total. The third-order valence-electron chi connectivity index (χ3n) is 2.94. The van der Waals surface area contributed by atoms with Gasteiger partial charge in [-0.15, -0.1) is 0 Å². The van der Waals surface area contributed by atoms with Crippen molar-refractivity contribution in [2.75, 3.05) is 18.0 Å². The van der Waals surface area contributed by atoms with Crippen molar-refractivity contribution in [1.82, 2.24) is 0 Å². The van der Waals surface area contributed by atoms with E-state index in [9.17, 15) is 0 Å². The summed E-state index contributed by atoms with van der Waals surface area (Å²) in [7, 11) is 0. The minimum atomic E-state index is 0.618. The Kier molecular flexibility index (Phi) is 2.91. The second kappa shape index (κ2) is 4.35. The first-order chi connectivity index (χ1) is 7.31. The molecule has 0 bridgehead atoms. The van der Waals surface area contributed by atoms with E-state index in [0.29, 0.717) is 6.42 Å². The third-order valence-corrected chi connectivity index (χ3v) is 2.94. The van der Waals surface area contributed by atoms with Crippen LogP contribution in [0.2, 0.25) is 0 Å². The van der Waals surface area contributed by atoms with E-state index < -0.39 is 0 Å². The van der Waals surface area contributed by atoms with Gasteiger partial charge < -0.3 is 4.90 Å². The molecule has 2 nitrogen and oxygen atoms in total. The number of hydrogen-bond donors (Lipinski definition) is 0. The zero-order chi connectivity index (χ0) is 10.7. The second-order valence-corrected chi connectivity index (χ2v) is 4.13. The summed E-state index contributed by atoms with van der Waals surface area (Å²) >= 11 is 0. The Bertz CT molecular complexity index is 390. The zero-order valence-corrected chi connectivity index (χ0v) is 9.16. The van der Waals surface area contributed by atoms with E-state index in [1.54, 1.807) is 0 Å². The van der Waals surface area contributed by atoms with Crippen LogP contribution in [0.5, 0.6) is 0 Å². The maximum Gasteiger partial charge on any atom is 0.0640 e. The first kappa shape index (κ1) is 10.0. The lowest BCUT2D eigenvalue weighted by atomic mass is 9.99. The van der Waals surface area contributed by atoms with Gasteiger partial charge in [-0.3, -0.25) is 0 Å². The summed E-state index contributed by atoms with van der Waals surface area (Å²) in [5.41, 5.74) is 4.11. The van der Waals surface area contributed by atoms with Gasteiger partial charge in [0, 0.05) is 18.8 Å². The van der Waals surface area contributed by atoms with Crippen molar-refractivity contribution in [3.63, 3.8) is 0 Å². The summed E-state index contributed by atoms with van der Waals surface area (Å²) in [6, 6.07) is 8.84. The number of rotatable bonds is 2. The average Bonchev–Trinajstić information content (AvgIpc) is 2.25. The molecular weight excluding hydrogens is 184 g/mol. The highest BCUT2D eigenvalue weighted by atomic mass is 15.1. The summed E-state index contributed by atoms with van der Waals surface area (Å²) < 4.78 is 0. The van der Waals surface area contributed by atoms with E-state index in [0.717, 1.165) is 13.1 Å². The minimum Gasteiger partial charge on any atom is -0.370 e. The minimum absolute atomic E-state index is 0.618. The molecule has 1 aliphatic heterocycles. The number of anilines is 1. The summed E-state index contributed by atoms with van der Waals surface area (Å²) in [5, 5.41) is 8.61. The second-order valence-electron chi connectivity index (χ2n) is 4.13. The molecule has 0 aromatic heterocycles. The van der Waals surface area contributed by atoms with Gasteiger partial charge in [-0.2, -0.15) is 5.26 Å². The lowest BCUT2D eigenvalue weighted by molar-refractivity contribution is 0.694. The molecule has 0 radical (unpaired) electrons. The maximum absolute atomic E-state index is 8.61. The Hall–Kier alpha value is -1.49. The highest BCUT2D eigenvalue weighted by Crippen LogP contribution is 2.27. The molecule has 0 fully saturated rings. The molecule has 78 valence electrons. The first-order valence-corrected chi connectivity index (χ1v) is 5.52. The summed E-state index contributed by atoms with van der Waals surface area (Å²) in [6.07, 6.45) is 3.01. The molecule has 2 heteroatoms. The van der Waals surface area contributed by atoms with Crippen LogP contribution in [0.25, 0.3) is 0 Å². The van der Waals surface area contributed by atoms with Crippen LogP contribution in [0.1, 0.15) is 24.0 Å². The molecule has 2 rings (SSSR count). The molecular formula is C13H16N2. The first-order valence-electron chi connectivity index (χ1n) is 5.52. The monoisotopic (exact) mass is 200 g/mol. The lowest BCUT2D eigenvalue weighted by Crippen LogP contribution is -2.30. The topological polar surface area (TPSA) is 27.0 Å². The molecule has 0 unspecified atom stereocenters. The number of benzene rings is 1. The fourth-order valence-corrected chi connectivity index (χ4v) is 2.22. The number of aryl methyl sites for hydroxylation is 2. The van der Waals surface area contributed by atoms with E-state index in [1.807, 2.05) is 0 Å². The molecule has 0 amide bonds. The molecule has 1 aliphatic rings. The van der Waals surface area contributed by atoms with Gasteiger partial charge in [0.25, 0.3) is 0 Å².